The SMILES string of the molecule is CCc1cc(C(C)C)cc(CC)c1C. The Morgan fingerprint density at radius 1 is 1.00 bits per heavy atom. The van der Waals surface area contributed by atoms with Crippen LogP contribution in [0.1, 0.15) is 55.9 Å². The van der Waals surface area contributed by atoms with E-state index in [1.807, 2.05) is 0 Å². The van der Waals surface area contributed by atoms with Gasteiger partial charge in [0.1, 0.15) is 0 Å². The molecule has 1 rings (SSSR count). The molecule has 0 nitrogen and oxygen atoms in total. The Hall–Kier alpha value is -0.780. The largest absolute Gasteiger partial charge is 0.0613 e. The fourth-order valence-corrected chi connectivity index (χ4v) is 1.93. The monoisotopic (exact) mass is 190 g/mol. The lowest BCUT2D eigenvalue weighted by Crippen LogP contribution is -1.98. The molecule has 0 aliphatic heterocycles. The Balaban J connectivity index is 3.25. The summed E-state index contributed by atoms with van der Waals surface area (Å²) in [6, 6.07) is 4.75. The molecule has 0 heteroatoms. The molecule has 14 heavy (non-hydrogen) atoms. The Kier molecular flexibility index (Phi) is 3.74. The molecule has 0 radical (unpaired) electrons. The molecule has 0 unspecified atom stereocenters. The maximum Gasteiger partial charge on any atom is -0.0219 e. The third-order valence-corrected chi connectivity index (χ3v) is 3.07. The minimum Gasteiger partial charge on any atom is -0.0613 e. The van der Waals surface area contributed by atoms with Crippen molar-refractivity contribution >= 4 is 0 Å². The molecule has 1 aromatic rings. The van der Waals surface area contributed by atoms with Gasteiger partial charge in [-0.2, -0.15) is 0 Å². The lowest BCUT2D eigenvalue weighted by atomic mass is 9.91. The molecule has 0 bridgehead atoms. The molecule has 0 aliphatic rings. The highest BCUT2D eigenvalue weighted by atomic mass is 14.1. The van der Waals surface area contributed by atoms with Crippen LogP contribution in [0.25, 0.3) is 0 Å². The lowest BCUT2D eigenvalue weighted by Gasteiger charge is -2.14. The average Bonchev–Trinajstić information content (AvgIpc) is 2.17. The van der Waals surface area contributed by atoms with Crippen LogP contribution < -0.4 is 0 Å². The summed E-state index contributed by atoms with van der Waals surface area (Å²) in [5.41, 5.74) is 6.03. The summed E-state index contributed by atoms with van der Waals surface area (Å²) in [7, 11) is 0. The third kappa shape index (κ3) is 2.17. The fourth-order valence-electron chi connectivity index (χ4n) is 1.93. The molecule has 0 fully saturated rings. The highest BCUT2D eigenvalue weighted by molar-refractivity contribution is 5.39. The fraction of sp³-hybridized carbons (Fsp3) is 0.571. The number of rotatable bonds is 3. The predicted octanol–water partition coefficient (Wildman–Crippen LogP) is 4.24. The summed E-state index contributed by atoms with van der Waals surface area (Å²) in [4.78, 5) is 0. The highest BCUT2D eigenvalue weighted by Crippen LogP contribution is 2.23. The van der Waals surface area contributed by atoms with E-state index in [4.69, 9.17) is 0 Å². The smallest absolute Gasteiger partial charge is 0.0219 e. The van der Waals surface area contributed by atoms with Gasteiger partial charge in [-0.25, -0.2) is 0 Å². The quantitative estimate of drug-likeness (QED) is 0.668. The van der Waals surface area contributed by atoms with Crippen molar-refractivity contribution in [3.05, 3.63) is 34.4 Å². The lowest BCUT2D eigenvalue weighted by molar-refractivity contribution is 0.854. The van der Waals surface area contributed by atoms with E-state index in [-0.39, 0.29) is 0 Å². The molecule has 0 saturated heterocycles. The molecule has 0 amide bonds. The molecular weight excluding hydrogens is 168 g/mol. The average molecular weight is 190 g/mol. The first-order valence-corrected chi connectivity index (χ1v) is 5.72. The van der Waals surface area contributed by atoms with Crippen molar-refractivity contribution in [2.45, 2.75) is 53.4 Å². The van der Waals surface area contributed by atoms with E-state index in [2.05, 4.69) is 46.8 Å². The number of hydrogen-bond acceptors (Lipinski definition) is 0. The van der Waals surface area contributed by atoms with Crippen LogP contribution in [0.5, 0.6) is 0 Å². The Morgan fingerprint density at radius 2 is 1.43 bits per heavy atom. The molecule has 0 atom stereocenters. The van der Waals surface area contributed by atoms with Gasteiger partial charge < -0.3 is 0 Å². The second kappa shape index (κ2) is 4.63. The Labute approximate surface area is 88.4 Å². The molecule has 0 aromatic heterocycles. The maximum atomic E-state index is 2.37. The van der Waals surface area contributed by atoms with Gasteiger partial charge in [0, 0.05) is 0 Å². The third-order valence-electron chi connectivity index (χ3n) is 3.07. The zero-order chi connectivity index (χ0) is 10.7. The molecule has 0 N–H and O–H groups in total. The topological polar surface area (TPSA) is 0 Å². The van der Waals surface area contributed by atoms with Crippen molar-refractivity contribution in [1.29, 1.82) is 0 Å². The van der Waals surface area contributed by atoms with E-state index in [1.54, 1.807) is 0 Å². The van der Waals surface area contributed by atoms with Crippen molar-refractivity contribution in [2.75, 3.05) is 0 Å². The number of aryl methyl sites for hydroxylation is 2. The minimum absolute atomic E-state index is 0.645. The molecular formula is C14H22. The van der Waals surface area contributed by atoms with E-state index in [0.717, 1.165) is 12.8 Å². The molecule has 0 heterocycles. The molecule has 78 valence electrons. The van der Waals surface area contributed by atoms with E-state index in [9.17, 15) is 0 Å². The van der Waals surface area contributed by atoms with Gasteiger partial charge >= 0.3 is 0 Å². The Morgan fingerprint density at radius 3 is 1.71 bits per heavy atom. The van der Waals surface area contributed by atoms with Crippen LogP contribution in [-0.4, -0.2) is 0 Å². The summed E-state index contributed by atoms with van der Waals surface area (Å²) in [6.45, 7) is 11.3. The predicted molar refractivity (Wildman–Crippen MR) is 64.0 cm³/mol. The first kappa shape index (κ1) is 11.3. The second-order valence-electron chi connectivity index (χ2n) is 4.33. The van der Waals surface area contributed by atoms with Crippen molar-refractivity contribution in [1.82, 2.24) is 0 Å². The summed E-state index contributed by atoms with van der Waals surface area (Å²) in [5.74, 6) is 0.645. The second-order valence-corrected chi connectivity index (χ2v) is 4.33. The van der Waals surface area contributed by atoms with Crippen LogP contribution in [0.2, 0.25) is 0 Å². The first-order chi connectivity index (χ1) is 6.60. The number of benzene rings is 1. The van der Waals surface area contributed by atoms with Gasteiger partial charge in [0.25, 0.3) is 0 Å². The molecule has 1 aromatic carbocycles. The van der Waals surface area contributed by atoms with Gasteiger partial charge in [0.2, 0.25) is 0 Å². The Bertz CT molecular complexity index is 283. The van der Waals surface area contributed by atoms with Crippen molar-refractivity contribution in [3.63, 3.8) is 0 Å². The van der Waals surface area contributed by atoms with Crippen LogP contribution >= 0.6 is 0 Å². The van der Waals surface area contributed by atoms with Crippen molar-refractivity contribution in [3.8, 4) is 0 Å². The van der Waals surface area contributed by atoms with Gasteiger partial charge in [-0.05, 0) is 47.9 Å². The van der Waals surface area contributed by atoms with E-state index in [1.165, 1.54) is 22.3 Å². The zero-order valence-corrected chi connectivity index (χ0v) is 10.1. The van der Waals surface area contributed by atoms with Crippen molar-refractivity contribution in [2.24, 2.45) is 0 Å². The standard InChI is InChI=1S/C14H22/c1-6-12-8-14(10(3)4)9-13(7-2)11(12)5/h8-10H,6-7H2,1-5H3. The van der Waals surface area contributed by atoms with E-state index < -0.39 is 0 Å². The summed E-state index contributed by atoms with van der Waals surface area (Å²) < 4.78 is 0. The normalized spacial score (nSPS) is 11.0. The first-order valence-electron chi connectivity index (χ1n) is 5.72. The van der Waals surface area contributed by atoms with Gasteiger partial charge in [-0.15, -0.1) is 0 Å². The summed E-state index contributed by atoms with van der Waals surface area (Å²) in [5, 5.41) is 0. The van der Waals surface area contributed by atoms with Gasteiger partial charge in [0.05, 0.1) is 0 Å². The van der Waals surface area contributed by atoms with Crippen LogP contribution in [0.3, 0.4) is 0 Å². The van der Waals surface area contributed by atoms with E-state index >= 15 is 0 Å². The van der Waals surface area contributed by atoms with Crippen LogP contribution in [0.15, 0.2) is 12.1 Å². The molecule has 0 saturated carbocycles. The van der Waals surface area contributed by atoms with Crippen LogP contribution in [-0.2, 0) is 12.8 Å². The summed E-state index contributed by atoms with van der Waals surface area (Å²) >= 11 is 0. The van der Waals surface area contributed by atoms with Gasteiger partial charge in [-0.3, -0.25) is 0 Å². The minimum atomic E-state index is 0.645. The highest BCUT2D eigenvalue weighted by Gasteiger charge is 2.06. The zero-order valence-electron chi connectivity index (χ0n) is 10.1. The van der Waals surface area contributed by atoms with Gasteiger partial charge in [0.15, 0.2) is 0 Å². The van der Waals surface area contributed by atoms with Gasteiger partial charge in [-0.1, -0.05) is 39.8 Å². The van der Waals surface area contributed by atoms with E-state index in [0.29, 0.717) is 5.92 Å². The molecule has 0 spiro atoms. The van der Waals surface area contributed by atoms with Crippen molar-refractivity contribution < 1.29 is 0 Å². The number of hydrogen-bond donors (Lipinski definition) is 0. The molecule has 0 aliphatic carbocycles. The summed E-state index contributed by atoms with van der Waals surface area (Å²) in [6.07, 6.45) is 2.30. The maximum absolute atomic E-state index is 2.37. The van der Waals surface area contributed by atoms with Crippen LogP contribution in [0, 0.1) is 6.92 Å². The van der Waals surface area contributed by atoms with Crippen LogP contribution in [0.4, 0.5) is 0 Å².